The molecule has 1 aromatic carbocycles. The zero-order valence-corrected chi connectivity index (χ0v) is 12.6. The van der Waals surface area contributed by atoms with E-state index in [1.165, 1.54) is 6.07 Å². The molecule has 0 aromatic heterocycles. The number of hydrogen-bond acceptors (Lipinski definition) is 5. The van der Waals surface area contributed by atoms with Crippen molar-refractivity contribution in [2.24, 2.45) is 0 Å². The first-order valence-corrected chi connectivity index (χ1v) is 7.61. The largest absolute Gasteiger partial charge is 0.314 e. The highest BCUT2D eigenvalue weighted by Crippen LogP contribution is 2.26. The average Bonchev–Trinajstić information content (AvgIpc) is 2.44. The van der Waals surface area contributed by atoms with Gasteiger partial charge in [-0.2, -0.15) is 0 Å². The van der Waals surface area contributed by atoms with Crippen molar-refractivity contribution in [1.29, 1.82) is 0 Å². The van der Waals surface area contributed by atoms with Gasteiger partial charge in [-0.1, -0.05) is 11.6 Å². The molecule has 0 unspecified atom stereocenters. The van der Waals surface area contributed by atoms with Crippen LogP contribution in [-0.4, -0.2) is 60.0 Å². The van der Waals surface area contributed by atoms with Gasteiger partial charge in [0.2, 0.25) is 0 Å². The summed E-state index contributed by atoms with van der Waals surface area (Å²) in [4.78, 5) is 15.5. The number of nitro benzene ring substituents is 1. The molecule has 2 aliphatic heterocycles. The first kappa shape index (κ1) is 14.7. The number of nitro groups is 1. The molecule has 1 N–H and O–H groups in total. The Morgan fingerprint density at radius 1 is 1.33 bits per heavy atom. The van der Waals surface area contributed by atoms with Crippen molar-refractivity contribution in [3.05, 3.63) is 38.9 Å². The highest BCUT2D eigenvalue weighted by atomic mass is 35.5. The summed E-state index contributed by atoms with van der Waals surface area (Å²) >= 11 is 5.84. The minimum Gasteiger partial charge on any atom is -0.314 e. The summed E-state index contributed by atoms with van der Waals surface area (Å²) in [6.07, 6.45) is 0. The molecule has 6 nitrogen and oxygen atoms in total. The highest BCUT2D eigenvalue weighted by molar-refractivity contribution is 6.30. The second-order valence-corrected chi connectivity index (χ2v) is 6.10. The quantitative estimate of drug-likeness (QED) is 0.672. The van der Waals surface area contributed by atoms with Crippen LogP contribution in [-0.2, 0) is 6.54 Å². The Balaban J connectivity index is 1.58. The number of nitrogens with zero attached hydrogens (tertiary/aromatic N) is 3. The Morgan fingerprint density at radius 3 is 2.71 bits per heavy atom. The summed E-state index contributed by atoms with van der Waals surface area (Å²) in [5.41, 5.74) is 0.858. The molecule has 2 saturated heterocycles. The molecular weight excluding hydrogens is 292 g/mol. The van der Waals surface area contributed by atoms with Crippen molar-refractivity contribution in [3.63, 3.8) is 0 Å². The summed E-state index contributed by atoms with van der Waals surface area (Å²) in [7, 11) is 0. The molecule has 0 aliphatic carbocycles. The van der Waals surface area contributed by atoms with Crippen molar-refractivity contribution in [2.45, 2.75) is 12.6 Å². The number of hydrogen-bond donors (Lipinski definition) is 1. The summed E-state index contributed by atoms with van der Waals surface area (Å²) in [6.45, 7) is 6.90. The van der Waals surface area contributed by atoms with E-state index in [-0.39, 0.29) is 10.6 Å². The lowest BCUT2D eigenvalue weighted by Gasteiger charge is -2.46. The molecule has 21 heavy (non-hydrogen) atoms. The van der Waals surface area contributed by atoms with Gasteiger partial charge in [-0.05, 0) is 12.1 Å². The number of halogens is 1. The standard InChI is InChI=1S/C14H19ClN4O2/c15-12-2-1-11(14(7-12)19(20)21)8-17-9-13(10-17)18-5-3-16-4-6-18/h1-2,7,13,16H,3-6,8-10H2. The Bertz CT molecular complexity index is 528. The van der Waals surface area contributed by atoms with Gasteiger partial charge in [0.15, 0.2) is 0 Å². The van der Waals surface area contributed by atoms with E-state index in [9.17, 15) is 10.1 Å². The van der Waals surface area contributed by atoms with Crippen molar-refractivity contribution < 1.29 is 4.92 Å². The third-order valence-electron chi connectivity index (χ3n) is 4.24. The SMILES string of the molecule is O=[N+]([O-])c1cc(Cl)ccc1CN1CC(N2CCNCC2)C1. The van der Waals surface area contributed by atoms with Crippen molar-refractivity contribution >= 4 is 17.3 Å². The second-order valence-electron chi connectivity index (χ2n) is 5.66. The fourth-order valence-electron chi connectivity index (χ4n) is 3.03. The van der Waals surface area contributed by atoms with Gasteiger partial charge >= 0.3 is 0 Å². The maximum atomic E-state index is 11.1. The van der Waals surface area contributed by atoms with E-state index in [1.807, 2.05) is 0 Å². The highest BCUT2D eigenvalue weighted by Gasteiger charge is 2.33. The van der Waals surface area contributed by atoms with Crippen LogP contribution in [0.2, 0.25) is 5.02 Å². The van der Waals surface area contributed by atoms with Crippen LogP contribution < -0.4 is 5.32 Å². The van der Waals surface area contributed by atoms with E-state index in [1.54, 1.807) is 12.1 Å². The van der Waals surface area contributed by atoms with Crippen LogP contribution in [0, 0.1) is 10.1 Å². The Hall–Kier alpha value is -1.21. The lowest BCUT2D eigenvalue weighted by atomic mass is 10.0. The smallest absolute Gasteiger partial charge is 0.275 e. The molecule has 0 radical (unpaired) electrons. The fraction of sp³-hybridized carbons (Fsp3) is 0.571. The third kappa shape index (κ3) is 3.35. The molecule has 7 heteroatoms. The van der Waals surface area contributed by atoms with Gasteiger partial charge in [0.05, 0.1) is 4.92 Å². The van der Waals surface area contributed by atoms with Crippen LogP contribution in [0.25, 0.3) is 0 Å². The van der Waals surface area contributed by atoms with Crippen molar-refractivity contribution in [2.75, 3.05) is 39.3 Å². The predicted molar refractivity (Wildman–Crippen MR) is 81.6 cm³/mol. The normalized spacial score (nSPS) is 21.2. The van der Waals surface area contributed by atoms with Crippen LogP contribution in [0.5, 0.6) is 0 Å². The van der Waals surface area contributed by atoms with E-state index < -0.39 is 0 Å². The number of benzene rings is 1. The molecule has 2 aliphatic rings. The summed E-state index contributed by atoms with van der Waals surface area (Å²) in [6, 6.07) is 5.51. The van der Waals surface area contributed by atoms with Crippen LogP contribution in [0.3, 0.4) is 0 Å². The van der Waals surface area contributed by atoms with E-state index in [0.717, 1.165) is 44.8 Å². The van der Waals surface area contributed by atoms with Gasteiger partial charge in [0.1, 0.15) is 0 Å². The first-order chi connectivity index (χ1) is 10.1. The Morgan fingerprint density at radius 2 is 2.05 bits per heavy atom. The van der Waals surface area contributed by atoms with E-state index in [0.29, 0.717) is 17.6 Å². The van der Waals surface area contributed by atoms with Gasteiger partial charge in [0, 0.05) is 68.5 Å². The molecule has 0 bridgehead atoms. The van der Waals surface area contributed by atoms with Gasteiger partial charge in [-0.15, -0.1) is 0 Å². The van der Waals surface area contributed by atoms with Crippen LogP contribution >= 0.6 is 11.6 Å². The molecule has 0 saturated carbocycles. The third-order valence-corrected chi connectivity index (χ3v) is 4.48. The number of nitrogens with one attached hydrogen (secondary N) is 1. The first-order valence-electron chi connectivity index (χ1n) is 7.23. The lowest BCUT2D eigenvalue weighted by molar-refractivity contribution is -0.385. The van der Waals surface area contributed by atoms with E-state index in [4.69, 9.17) is 11.6 Å². The molecule has 3 rings (SSSR count). The van der Waals surface area contributed by atoms with Crippen LogP contribution in [0.4, 0.5) is 5.69 Å². The Labute approximate surface area is 128 Å². The zero-order chi connectivity index (χ0) is 14.8. The summed E-state index contributed by atoms with van der Waals surface area (Å²) in [5.74, 6) is 0. The van der Waals surface area contributed by atoms with Crippen molar-refractivity contribution in [1.82, 2.24) is 15.1 Å². The summed E-state index contributed by atoms with van der Waals surface area (Å²) in [5, 5.41) is 14.8. The molecule has 0 amide bonds. The molecular formula is C14H19ClN4O2. The van der Waals surface area contributed by atoms with Gasteiger partial charge in [0.25, 0.3) is 5.69 Å². The monoisotopic (exact) mass is 310 g/mol. The molecule has 0 atom stereocenters. The molecule has 114 valence electrons. The molecule has 2 fully saturated rings. The molecule has 2 heterocycles. The number of likely N-dealkylation sites (tertiary alicyclic amines) is 1. The number of rotatable bonds is 4. The fourth-order valence-corrected chi connectivity index (χ4v) is 3.20. The second kappa shape index (κ2) is 6.27. The Kier molecular flexibility index (Phi) is 4.40. The zero-order valence-electron chi connectivity index (χ0n) is 11.8. The van der Waals surface area contributed by atoms with Crippen molar-refractivity contribution in [3.8, 4) is 0 Å². The van der Waals surface area contributed by atoms with Crippen LogP contribution in [0.1, 0.15) is 5.56 Å². The van der Waals surface area contributed by atoms with Crippen LogP contribution in [0.15, 0.2) is 18.2 Å². The van der Waals surface area contributed by atoms with Gasteiger partial charge < -0.3 is 5.32 Å². The maximum absolute atomic E-state index is 11.1. The van der Waals surface area contributed by atoms with E-state index >= 15 is 0 Å². The predicted octanol–water partition coefficient (Wildman–Crippen LogP) is 1.34. The summed E-state index contributed by atoms with van der Waals surface area (Å²) < 4.78 is 0. The van der Waals surface area contributed by atoms with E-state index in [2.05, 4.69) is 15.1 Å². The van der Waals surface area contributed by atoms with Gasteiger partial charge in [-0.3, -0.25) is 19.9 Å². The topological polar surface area (TPSA) is 61.7 Å². The lowest BCUT2D eigenvalue weighted by Crippen LogP contribution is -2.62. The average molecular weight is 311 g/mol. The molecule has 0 spiro atoms. The van der Waals surface area contributed by atoms with Gasteiger partial charge in [-0.25, -0.2) is 0 Å². The molecule has 1 aromatic rings. The number of piperazine rings is 1. The minimum absolute atomic E-state index is 0.119. The minimum atomic E-state index is -0.352. The maximum Gasteiger partial charge on any atom is 0.275 e.